The van der Waals surface area contributed by atoms with Crippen molar-refractivity contribution in [3.8, 4) is 22.3 Å². The van der Waals surface area contributed by atoms with Crippen LogP contribution in [-0.4, -0.2) is 0 Å². The van der Waals surface area contributed by atoms with Crippen molar-refractivity contribution in [2.75, 3.05) is 0 Å². The molecule has 17 rings (SSSR count). The number of hydrogen-bond donors (Lipinski definition) is 0. The Labute approximate surface area is 420 Å². The van der Waals surface area contributed by atoms with E-state index in [2.05, 4.69) is 243 Å². The SMILES string of the molecule is C1=CC2=CC=C3C=CC(c4c5ccccc5c(-c5c6ccccc6c(-c6ccc7c(c6)c6ccccc6c6cc8c(cc76)oc6ccc7ccccc7c68)c6ccccc56)c5ccccc45)=C4C=CC(=C1)C2C34. The molecule has 1 aromatic heterocycles. The zero-order valence-electron chi connectivity index (χ0n) is 39.7. The van der Waals surface area contributed by atoms with Gasteiger partial charge in [0, 0.05) is 22.6 Å². The van der Waals surface area contributed by atoms with Gasteiger partial charge in [-0.1, -0.05) is 218 Å². The average molecular weight is 923 g/mol. The van der Waals surface area contributed by atoms with Crippen LogP contribution >= 0.6 is 0 Å². The highest BCUT2D eigenvalue weighted by Gasteiger charge is 2.39. The lowest BCUT2D eigenvalue weighted by Gasteiger charge is -2.40. The second-order valence-corrected chi connectivity index (χ2v) is 20.5. The maximum atomic E-state index is 6.69. The van der Waals surface area contributed by atoms with Gasteiger partial charge >= 0.3 is 0 Å². The summed E-state index contributed by atoms with van der Waals surface area (Å²) < 4.78 is 6.69. The van der Waals surface area contributed by atoms with Gasteiger partial charge in [-0.25, -0.2) is 0 Å². The van der Waals surface area contributed by atoms with Crippen LogP contribution in [0.15, 0.2) is 269 Å². The molecule has 2 atom stereocenters. The first-order chi connectivity index (χ1) is 36.2. The zero-order chi connectivity index (χ0) is 47.5. The molecular weight excluding hydrogens is 881 g/mol. The summed E-state index contributed by atoms with van der Waals surface area (Å²) in [6.45, 7) is 0. The van der Waals surface area contributed by atoms with Crippen LogP contribution in [0.3, 0.4) is 0 Å². The van der Waals surface area contributed by atoms with Gasteiger partial charge in [0.15, 0.2) is 0 Å². The summed E-state index contributed by atoms with van der Waals surface area (Å²) >= 11 is 0. The number of hydrogen-bond acceptors (Lipinski definition) is 1. The number of fused-ring (bicyclic) bond motifs is 15. The molecule has 1 heterocycles. The van der Waals surface area contributed by atoms with Crippen molar-refractivity contribution < 1.29 is 4.42 Å². The highest BCUT2D eigenvalue weighted by Crippen LogP contribution is 2.55. The maximum Gasteiger partial charge on any atom is 0.136 e. The van der Waals surface area contributed by atoms with E-state index in [0.717, 1.165) is 16.6 Å². The second-order valence-electron chi connectivity index (χ2n) is 20.5. The lowest BCUT2D eigenvalue weighted by molar-refractivity contribution is 0.566. The molecule has 0 amide bonds. The van der Waals surface area contributed by atoms with E-state index in [0.29, 0.717) is 11.8 Å². The van der Waals surface area contributed by atoms with Crippen LogP contribution in [0.25, 0.3) is 136 Å². The zero-order valence-corrected chi connectivity index (χ0v) is 39.7. The molecule has 0 saturated heterocycles. The second kappa shape index (κ2) is 14.6. The summed E-state index contributed by atoms with van der Waals surface area (Å²) in [5.74, 6) is 0.633. The van der Waals surface area contributed by atoms with Crippen LogP contribution in [0, 0.1) is 11.8 Å². The van der Waals surface area contributed by atoms with Crippen molar-refractivity contribution in [2.45, 2.75) is 0 Å². The standard InChI is InChI=1S/C72H42O/c1-2-17-46-41(14-1)33-37-64-70(46)63-39-61-48-19-4-3-18-47(48)60-38-45(32-34-49(60)62(61)40-65(63)73-64)67-50-20-5-9-24-54(50)71(55-25-10-6-21-51(55)67)72-56-26-11-7-22-52(56)69(53-23-8-12-27-57(53)72)59-36-31-44-29-28-42-15-13-16-43-30-35-58(59)68(44)66(42)43/h1-40,66,68H. The molecule has 0 radical (unpaired) electrons. The minimum atomic E-state index is 0.291. The van der Waals surface area contributed by atoms with E-state index in [9.17, 15) is 0 Å². The molecule has 336 valence electrons. The first-order valence-corrected chi connectivity index (χ1v) is 25.6. The molecule has 12 aromatic carbocycles. The van der Waals surface area contributed by atoms with E-state index in [-0.39, 0.29) is 0 Å². The Kier molecular flexibility index (Phi) is 7.90. The molecule has 0 spiro atoms. The Morgan fingerprint density at radius 1 is 0.288 bits per heavy atom. The van der Waals surface area contributed by atoms with Crippen LogP contribution in [0.4, 0.5) is 0 Å². The highest BCUT2D eigenvalue weighted by molar-refractivity contribution is 6.32. The Morgan fingerprint density at radius 3 is 1.42 bits per heavy atom. The summed E-state index contributed by atoms with van der Waals surface area (Å²) in [5.41, 5.74) is 15.1. The molecule has 1 nitrogen and oxygen atoms in total. The van der Waals surface area contributed by atoms with Crippen LogP contribution < -0.4 is 0 Å². The molecular formula is C72H42O. The van der Waals surface area contributed by atoms with Crippen molar-refractivity contribution >= 4 is 114 Å². The van der Waals surface area contributed by atoms with Gasteiger partial charge in [0.1, 0.15) is 11.2 Å². The molecule has 0 fully saturated rings. The fourth-order valence-electron chi connectivity index (χ4n) is 14.0. The summed E-state index contributed by atoms with van der Waals surface area (Å²) in [5, 5.41) is 22.2. The normalized spacial score (nSPS) is 17.1. The van der Waals surface area contributed by atoms with Gasteiger partial charge in [0.25, 0.3) is 0 Å². The van der Waals surface area contributed by atoms with Crippen molar-refractivity contribution in [3.05, 3.63) is 271 Å². The number of furan rings is 1. The molecule has 2 unspecified atom stereocenters. The van der Waals surface area contributed by atoms with Crippen molar-refractivity contribution in [2.24, 2.45) is 11.8 Å². The van der Waals surface area contributed by atoms with E-state index in [1.807, 2.05) is 0 Å². The molecule has 0 saturated carbocycles. The van der Waals surface area contributed by atoms with Crippen LogP contribution in [0.5, 0.6) is 0 Å². The number of benzene rings is 12. The third-order valence-electron chi connectivity index (χ3n) is 17.0. The van der Waals surface area contributed by atoms with E-state index in [4.69, 9.17) is 4.42 Å². The molecule has 1 heteroatoms. The summed E-state index contributed by atoms with van der Waals surface area (Å²) in [6.07, 6.45) is 21.1. The van der Waals surface area contributed by atoms with Crippen LogP contribution in [0.1, 0.15) is 5.56 Å². The molecule has 73 heavy (non-hydrogen) atoms. The smallest absolute Gasteiger partial charge is 0.136 e. The Balaban J connectivity index is 0.916. The Hall–Kier alpha value is -9.30. The minimum Gasteiger partial charge on any atom is -0.456 e. The number of rotatable bonds is 3. The minimum absolute atomic E-state index is 0.291. The van der Waals surface area contributed by atoms with Crippen molar-refractivity contribution in [3.63, 3.8) is 0 Å². The molecule has 13 aromatic rings. The summed E-state index contributed by atoms with van der Waals surface area (Å²) in [7, 11) is 0. The predicted octanol–water partition coefficient (Wildman–Crippen LogP) is 19.6. The largest absolute Gasteiger partial charge is 0.456 e. The van der Waals surface area contributed by atoms with Gasteiger partial charge in [-0.15, -0.1) is 0 Å². The van der Waals surface area contributed by atoms with Gasteiger partial charge in [-0.05, 0) is 166 Å². The van der Waals surface area contributed by atoms with E-state index in [1.54, 1.807) is 0 Å². The average Bonchev–Trinajstić information content (AvgIpc) is 3.83. The topological polar surface area (TPSA) is 13.1 Å². The molecule has 4 aliphatic rings. The molecule has 0 N–H and O–H groups in total. The number of allylic oxidation sites excluding steroid dienone is 14. The van der Waals surface area contributed by atoms with E-state index < -0.39 is 0 Å². The lowest BCUT2D eigenvalue weighted by Crippen LogP contribution is -2.29. The van der Waals surface area contributed by atoms with E-state index in [1.165, 1.54) is 147 Å². The van der Waals surface area contributed by atoms with Gasteiger partial charge in [0.2, 0.25) is 0 Å². The summed E-state index contributed by atoms with van der Waals surface area (Å²) in [6, 6.07) is 70.4. The van der Waals surface area contributed by atoms with Gasteiger partial charge in [-0.2, -0.15) is 0 Å². The van der Waals surface area contributed by atoms with Crippen molar-refractivity contribution in [1.29, 1.82) is 0 Å². The van der Waals surface area contributed by atoms with Gasteiger partial charge in [-0.3, -0.25) is 0 Å². The summed E-state index contributed by atoms with van der Waals surface area (Å²) in [4.78, 5) is 0. The fraction of sp³-hybridized carbons (Fsp3) is 0.0278. The third-order valence-corrected chi connectivity index (χ3v) is 17.0. The highest BCUT2D eigenvalue weighted by atomic mass is 16.3. The predicted molar refractivity (Wildman–Crippen MR) is 310 cm³/mol. The maximum absolute atomic E-state index is 6.69. The molecule has 0 bridgehead atoms. The third kappa shape index (κ3) is 5.36. The fourth-order valence-corrected chi connectivity index (χ4v) is 14.0. The monoisotopic (exact) mass is 922 g/mol. The van der Waals surface area contributed by atoms with Crippen molar-refractivity contribution in [1.82, 2.24) is 0 Å². The Morgan fingerprint density at radius 2 is 0.781 bits per heavy atom. The molecule has 4 aliphatic carbocycles. The molecule has 0 aliphatic heterocycles. The van der Waals surface area contributed by atoms with E-state index >= 15 is 0 Å². The van der Waals surface area contributed by atoms with Gasteiger partial charge in [0.05, 0.1) is 0 Å². The van der Waals surface area contributed by atoms with Crippen LogP contribution in [-0.2, 0) is 0 Å². The quantitative estimate of drug-likeness (QED) is 0.127. The van der Waals surface area contributed by atoms with Gasteiger partial charge < -0.3 is 4.42 Å². The lowest BCUT2D eigenvalue weighted by atomic mass is 9.63. The first kappa shape index (κ1) is 39.4. The van der Waals surface area contributed by atoms with Crippen LogP contribution in [0.2, 0.25) is 0 Å². The Bertz CT molecular complexity index is 4840. The first-order valence-electron chi connectivity index (χ1n) is 25.6.